The Hall–Kier alpha value is -6.33. The van der Waals surface area contributed by atoms with E-state index in [1.54, 1.807) is 0 Å². The van der Waals surface area contributed by atoms with E-state index in [4.69, 9.17) is 33.2 Å². The lowest BCUT2D eigenvalue weighted by Crippen LogP contribution is -2.12. The van der Waals surface area contributed by atoms with Crippen LogP contribution in [0.5, 0.6) is 23.0 Å². The first-order valence-electron chi connectivity index (χ1n) is 32.2. The Kier molecular flexibility index (Phi) is 32.7. The van der Waals surface area contributed by atoms with Crippen LogP contribution in [-0.2, 0) is 80.0 Å². The van der Waals surface area contributed by atoms with Gasteiger partial charge in [0.15, 0.2) is 0 Å². The second kappa shape index (κ2) is 40.1. The van der Waals surface area contributed by atoms with Crippen molar-refractivity contribution in [2.24, 2.45) is 0 Å². The lowest BCUT2D eigenvalue weighted by molar-refractivity contribution is -0.138. The van der Waals surface area contributed by atoms with Crippen LogP contribution in [0.15, 0.2) is 86.5 Å². The summed E-state index contributed by atoms with van der Waals surface area (Å²) in [6, 6.07) is 18.3. The van der Waals surface area contributed by atoms with Gasteiger partial charge in [-0.1, -0.05) is 173 Å². The fourth-order valence-corrected chi connectivity index (χ4v) is 11.1. The van der Waals surface area contributed by atoms with Crippen LogP contribution >= 0.6 is 0 Å². The molecule has 11 heteroatoms. The number of hydrogen-bond donors (Lipinski definition) is 1. The number of rotatable bonds is 42. The maximum atomic E-state index is 12.3. The van der Waals surface area contributed by atoms with Gasteiger partial charge in [-0.25, -0.2) is 14.4 Å². The summed E-state index contributed by atoms with van der Waals surface area (Å²) in [5.74, 6) is 2.13. The second-order valence-electron chi connectivity index (χ2n) is 22.6. The zero-order valence-electron chi connectivity index (χ0n) is 52.0. The van der Waals surface area contributed by atoms with Gasteiger partial charge in [0.05, 0.1) is 46.2 Å². The summed E-state index contributed by atoms with van der Waals surface area (Å²) in [7, 11) is 0. The molecule has 4 aromatic rings. The molecule has 1 aliphatic carbocycles. The van der Waals surface area contributed by atoms with Crippen molar-refractivity contribution in [2.45, 2.75) is 207 Å². The minimum Gasteiger partial charge on any atom is -0.493 e. The van der Waals surface area contributed by atoms with Crippen molar-refractivity contribution in [1.82, 2.24) is 0 Å². The van der Waals surface area contributed by atoms with Gasteiger partial charge in [0.25, 0.3) is 0 Å². The fourth-order valence-electron chi connectivity index (χ4n) is 11.1. The molecule has 1 aliphatic rings. The third-order valence-corrected chi connectivity index (χ3v) is 15.4. The van der Waals surface area contributed by atoms with Crippen molar-refractivity contribution in [2.75, 3.05) is 52.9 Å². The molecule has 1 N–H and O–H groups in total. The van der Waals surface area contributed by atoms with Crippen molar-refractivity contribution in [3.63, 3.8) is 0 Å². The smallest absolute Gasteiger partial charge is 0.330 e. The van der Waals surface area contributed by atoms with E-state index in [9.17, 15) is 19.5 Å². The number of ether oxygens (including phenoxy) is 7. The summed E-state index contributed by atoms with van der Waals surface area (Å²) in [6.07, 6.45) is 27.7. The molecule has 0 radical (unpaired) electrons. The Balaban J connectivity index is 1.91. The zero-order valence-corrected chi connectivity index (χ0v) is 52.0. The molecule has 0 aromatic heterocycles. The molecule has 0 aliphatic heterocycles. The van der Waals surface area contributed by atoms with Gasteiger partial charge in [-0.2, -0.15) is 0 Å². The molecule has 0 fully saturated rings. The highest BCUT2D eigenvalue weighted by molar-refractivity contribution is 5.81. The molecule has 84 heavy (non-hydrogen) atoms. The number of esters is 3. The molecule has 4 aromatic carbocycles. The van der Waals surface area contributed by atoms with Crippen LogP contribution in [0.3, 0.4) is 0 Å². The maximum absolute atomic E-state index is 12.3. The molecule has 0 saturated heterocycles. The van der Waals surface area contributed by atoms with Gasteiger partial charge in [0.2, 0.25) is 0 Å². The molecule has 0 atom stereocenters. The fraction of sp³-hybridized carbons (Fsp3) is 0.548. The highest BCUT2D eigenvalue weighted by atomic mass is 16.5. The van der Waals surface area contributed by atoms with Gasteiger partial charge in [-0.3, -0.25) is 0 Å². The summed E-state index contributed by atoms with van der Waals surface area (Å²) in [5, 5.41) is 10.3. The van der Waals surface area contributed by atoms with Gasteiger partial charge in [-0.05, 0) is 144 Å². The molecule has 8 bridgehead atoms. The van der Waals surface area contributed by atoms with E-state index in [1.807, 2.05) is 0 Å². The molecule has 5 rings (SSSR count). The predicted molar refractivity (Wildman–Crippen MR) is 339 cm³/mol. The minimum absolute atomic E-state index is 0.0719. The number of benzene rings is 4. The van der Waals surface area contributed by atoms with Crippen LogP contribution in [0.25, 0.3) is 0 Å². The Morgan fingerprint density at radius 2 is 0.571 bits per heavy atom. The summed E-state index contributed by atoms with van der Waals surface area (Å²) in [6.45, 7) is 22.8. The van der Waals surface area contributed by atoms with Crippen molar-refractivity contribution >= 4 is 17.9 Å². The monoisotopic (exact) mass is 1150 g/mol. The van der Waals surface area contributed by atoms with Gasteiger partial charge in [0, 0.05) is 50.5 Å². The average molecular weight is 1160 g/mol. The summed E-state index contributed by atoms with van der Waals surface area (Å²) in [4.78, 5) is 36.8. The van der Waals surface area contributed by atoms with E-state index >= 15 is 0 Å². The van der Waals surface area contributed by atoms with Gasteiger partial charge < -0.3 is 38.3 Å². The average Bonchev–Trinajstić information content (AvgIpc) is 3.69. The lowest BCUT2D eigenvalue weighted by atomic mass is 9.87. The number of unbranched alkanes of at least 4 members (excludes halogenated alkanes) is 12. The number of fused-ring (bicyclic) bond motifs is 8. The van der Waals surface area contributed by atoms with Crippen LogP contribution < -0.4 is 18.9 Å². The van der Waals surface area contributed by atoms with Crippen LogP contribution in [0.2, 0.25) is 0 Å². The Morgan fingerprint density at radius 1 is 0.345 bits per heavy atom. The van der Waals surface area contributed by atoms with Crippen molar-refractivity contribution in [3.05, 3.63) is 153 Å². The lowest BCUT2D eigenvalue weighted by Gasteiger charge is -2.25. The first kappa shape index (κ1) is 68.5. The molecule has 0 spiro atoms. The highest BCUT2D eigenvalue weighted by Gasteiger charge is 2.25. The van der Waals surface area contributed by atoms with Crippen LogP contribution in [0.1, 0.15) is 223 Å². The first-order chi connectivity index (χ1) is 41.1. The van der Waals surface area contributed by atoms with Crippen LogP contribution in [-0.4, -0.2) is 75.9 Å². The SMILES string of the molecule is C=CC(=O)OCCCc1cc2c(OCCCCCC)c(c1)Cc1cc(CCCOC(=O)C=C)cc(c1OCCCCCC)Cc1cc(CCCOC(=O)C=C)cc(c1OCCCCCC)Cc1cc(CCCO)cc(c1OCCCCCC)C2. The molecule has 11 nitrogen and oxygen atoms in total. The summed E-state index contributed by atoms with van der Waals surface area (Å²) in [5.41, 5.74) is 12.8. The third-order valence-electron chi connectivity index (χ3n) is 15.4. The van der Waals surface area contributed by atoms with Crippen molar-refractivity contribution in [3.8, 4) is 23.0 Å². The van der Waals surface area contributed by atoms with Crippen LogP contribution in [0, 0.1) is 0 Å². The topological polar surface area (TPSA) is 136 Å². The van der Waals surface area contributed by atoms with Crippen molar-refractivity contribution < 1.29 is 52.6 Å². The number of aryl methyl sites for hydroxylation is 4. The Labute approximate surface area is 504 Å². The normalized spacial score (nSPS) is 11.8. The number of hydrogen-bond acceptors (Lipinski definition) is 11. The molecule has 0 saturated carbocycles. The van der Waals surface area contributed by atoms with Gasteiger partial charge in [0.1, 0.15) is 23.0 Å². The number of carbonyl (C=O) groups excluding carboxylic acids is 3. The molecule has 460 valence electrons. The maximum Gasteiger partial charge on any atom is 0.330 e. The quantitative estimate of drug-likeness (QED) is 0.0173. The van der Waals surface area contributed by atoms with Gasteiger partial charge in [-0.15, -0.1) is 0 Å². The van der Waals surface area contributed by atoms with E-state index in [-0.39, 0.29) is 26.4 Å². The second-order valence-corrected chi connectivity index (χ2v) is 22.6. The first-order valence-corrected chi connectivity index (χ1v) is 32.2. The summed E-state index contributed by atoms with van der Waals surface area (Å²) < 4.78 is 45.3. The molecule has 0 amide bonds. The Bertz CT molecular complexity index is 2520. The molecular weight excluding hydrogens is 1050 g/mol. The predicted octanol–water partition coefficient (Wildman–Crippen LogP) is 16.1. The standard InChI is InChI=1S/C73H102O11/c1-8-15-19-23-36-81-70-59-43-55(31-27-35-74)44-60(70)52-62-46-57(33-29-41-79-68(76)13-6)48-64(72(62)83-38-25-21-17-10-3)54-66-50-58(34-30-42-80-69(77)14-7)49-65(73(66)84-39-26-22-18-11-4)53-63-47-56(32-28-40-78-67(75)12-5)45-61(51-59)71(63)82-37-24-20-16-9-2/h12-14,43-50,74H,5-11,15-42,51-54H2,1-4H3. The zero-order chi connectivity index (χ0) is 60.2. The van der Waals surface area contributed by atoms with Crippen molar-refractivity contribution in [1.29, 1.82) is 0 Å². The van der Waals surface area contributed by atoms with E-state index in [0.29, 0.717) is 103 Å². The third kappa shape index (κ3) is 24.0. The van der Waals surface area contributed by atoms with E-state index in [1.165, 1.54) is 18.2 Å². The van der Waals surface area contributed by atoms with E-state index in [0.717, 1.165) is 192 Å². The van der Waals surface area contributed by atoms with E-state index in [2.05, 4.69) is 96.0 Å². The largest absolute Gasteiger partial charge is 0.493 e. The minimum atomic E-state index is -0.442. The Morgan fingerprint density at radius 3 is 0.774 bits per heavy atom. The highest BCUT2D eigenvalue weighted by Crippen LogP contribution is 2.42. The van der Waals surface area contributed by atoms with Gasteiger partial charge >= 0.3 is 17.9 Å². The summed E-state index contributed by atoms with van der Waals surface area (Å²) >= 11 is 0. The number of aliphatic hydroxyl groups excluding tert-OH is 1. The molecule has 0 unspecified atom stereocenters. The molecular formula is C73H102O11. The molecule has 0 heterocycles. The number of carbonyl (C=O) groups is 3. The number of aliphatic hydroxyl groups is 1. The van der Waals surface area contributed by atoms with E-state index < -0.39 is 17.9 Å². The van der Waals surface area contributed by atoms with Crippen LogP contribution in [0.4, 0.5) is 0 Å².